The van der Waals surface area contributed by atoms with E-state index in [9.17, 15) is 8.78 Å². The molecular formula is C7H11F2N3. The molecule has 0 bridgehead atoms. The number of alkyl halides is 2. The van der Waals surface area contributed by atoms with Crippen molar-refractivity contribution in [2.24, 2.45) is 0 Å². The van der Waals surface area contributed by atoms with Crippen molar-refractivity contribution in [2.45, 2.75) is 19.4 Å². The zero-order chi connectivity index (χ0) is 8.97. The zero-order valence-corrected chi connectivity index (χ0v) is 6.72. The van der Waals surface area contributed by atoms with Crippen LogP contribution >= 0.6 is 0 Å². The molecule has 0 aliphatic rings. The molecule has 68 valence electrons. The number of nitrogens with one attached hydrogen (secondary N) is 2. The molecule has 0 radical (unpaired) electrons. The van der Waals surface area contributed by atoms with Crippen molar-refractivity contribution in [3.63, 3.8) is 0 Å². The van der Waals surface area contributed by atoms with Crippen LogP contribution in [0.5, 0.6) is 0 Å². The van der Waals surface area contributed by atoms with Crippen molar-refractivity contribution < 1.29 is 8.78 Å². The third-order valence-corrected chi connectivity index (χ3v) is 1.57. The van der Waals surface area contributed by atoms with Gasteiger partial charge >= 0.3 is 0 Å². The summed E-state index contributed by atoms with van der Waals surface area (Å²) >= 11 is 0. The van der Waals surface area contributed by atoms with Crippen LogP contribution in [-0.2, 0) is 0 Å². The van der Waals surface area contributed by atoms with Crippen LogP contribution in [0.2, 0.25) is 0 Å². The molecule has 0 fully saturated rings. The molecule has 0 saturated heterocycles. The minimum atomic E-state index is -2.31. The summed E-state index contributed by atoms with van der Waals surface area (Å²) in [5.74, 6) is 0. The fourth-order valence-corrected chi connectivity index (χ4v) is 0.884. The molecule has 2 N–H and O–H groups in total. The molecule has 1 rings (SSSR count). The van der Waals surface area contributed by atoms with Gasteiger partial charge in [-0.15, -0.1) is 0 Å². The summed E-state index contributed by atoms with van der Waals surface area (Å²) in [5.41, 5.74) is 0.815. The van der Waals surface area contributed by atoms with Gasteiger partial charge in [0.2, 0.25) is 0 Å². The monoisotopic (exact) mass is 175 g/mol. The quantitative estimate of drug-likeness (QED) is 0.724. The Balaban J connectivity index is 2.34. The van der Waals surface area contributed by atoms with E-state index in [2.05, 4.69) is 15.5 Å². The fraction of sp³-hybridized carbons (Fsp3) is 0.571. The highest BCUT2D eigenvalue weighted by Crippen LogP contribution is 2.07. The second-order valence-electron chi connectivity index (χ2n) is 2.53. The SMILES string of the molecule is CC(NCC(F)F)c1ccn[nH]1. The number of H-pyrrole nitrogens is 1. The Morgan fingerprint density at radius 1 is 1.67 bits per heavy atom. The lowest BCUT2D eigenvalue weighted by molar-refractivity contribution is 0.142. The van der Waals surface area contributed by atoms with Crippen molar-refractivity contribution in [3.05, 3.63) is 18.0 Å². The third-order valence-electron chi connectivity index (χ3n) is 1.57. The molecule has 1 heterocycles. The molecule has 0 aliphatic heterocycles. The number of hydrogen-bond acceptors (Lipinski definition) is 2. The first-order valence-corrected chi connectivity index (χ1v) is 3.71. The second-order valence-corrected chi connectivity index (χ2v) is 2.53. The summed E-state index contributed by atoms with van der Waals surface area (Å²) < 4.78 is 23.5. The summed E-state index contributed by atoms with van der Waals surface area (Å²) in [7, 11) is 0. The van der Waals surface area contributed by atoms with Crippen molar-refractivity contribution >= 4 is 0 Å². The van der Waals surface area contributed by atoms with Gasteiger partial charge in [0.1, 0.15) is 0 Å². The van der Waals surface area contributed by atoms with E-state index in [0.717, 1.165) is 5.69 Å². The van der Waals surface area contributed by atoms with Gasteiger partial charge in [0.15, 0.2) is 0 Å². The van der Waals surface area contributed by atoms with Crippen LogP contribution in [0, 0.1) is 0 Å². The van der Waals surface area contributed by atoms with Gasteiger partial charge in [0.25, 0.3) is 6.43 Å². The molecule has 1 unspecified atom stereocenters. The van der Waals surface area contributed by atoms with Gasteiger partial charge in [-0.2, -0.15) is 5.10 Å². The minimum absolute atomic E-state index is 0.110. The lowest BCUT2D eigenvalue weighted by atomic mass is 10.2. The highest BCUT2D eigenvalue weighted by Gasteiger charge is 2.08. The lowest BCUT2D eigenvalue weighted by Gasteiger charge is -2.10. The Morgan fingerprint density at radius 2 is 2.42 bits per heavy atom. The number of hydrogen-bond donors (Lipinski definition) is 2. The molecule has 1 aromatic heterocycles. The van der Waals surface area contributed by atoms with E-state index in [1.165, 1.54) is 0 Å². The average molecular weight is 175 g/mol. The third kappa shape index (κ3) is 2.58. The maximum absolute atomic E-state index is 11.7. The molecular weight excluding hydrogens is 164 g/mol. The molecule has 1 atom stereocenters. The molecule has 0 saturated carbocycles. The van der Waals surface area contributed by atoms with Crippen molar-refractivity contribution in [1.82, 2.24) is 15.5 Å². The van der Waals surface area contributed by atoms with Crippen LogP contribution in [0.15, 0.2) is 12.3 Å². The average Bonchev–Trinajstić information content (AvgIpc) is 2.51. The Morgan fingerprint density at radius 3 is 2.92 bits per heavy atom. The van der Waals surface area contributed by atoms with Crippen molar-refractivity contribution in [3.8, 4) is 0 Å². The first-order valence-electron chi connectivity index (χ1n) is 3.71. The van der Waals surface area contributed by atoms with E-state index < -0.39 is 6.43 Å². The summed E-state index contributed by atoms with van der Waals surface area (Å²) in [6, 6.07) is 1.64. The van der Waals surface area contributed by atoms with Gasteiger partial charge in [-0.3, -0.25) is 5.10 Å². The van der Waals surface area contributed by atoms with E-state index in [1.807, 2.05) is 0 Å². The predicted molar refractivity (Wildman–Crippen MR) is 41.0 cm³/mol. The van der Waals surface area contributed by atoms with Gasteiger partial charge in [-0.25, -0.2) is 8.78 Å². The van der Waals surface area contributed by atoms with Crippen LogP contribution in [0.3, 0.4) is 0 Å². The molecule has 3 nitrogen and oxygen atoms in total. The highest BCUT2D eigenvalue weighted by atomic mass is 19.3. The maximum atomic E-state index is 11.7. The van der Waals surface area contributed by atoms with Gasteiger partial charge in [-0.1, -0.05) is 0 Å². The topological polar surface area (TPSA) is 40.7 Å². The molecule has 1 aromatic rings. The first-order chi connectivity index (χ1) is 5.70. The van der Waals surface area contributed by atoms with Crippen LogP contribution in [0.1, 0.15) is 18.7 Å². The summed E-state index contributed by atoms with van der Waals surface area (Å²) in [5, 5.41) is 9.08. The number of aromatic nitrogens is 2. The Labute approximate surface area is 69.2 Å². The van der Waals surface area contributed by atoms with E-state index in [4.69, 9.17) is 0 Å². The van der Waals surface area contributed by atoms with Crippen molar-refractivity contribution in [2.75, 3.05) is 6.54 Å². The zero-order valence-electron chi connectivity index (χ0n) is 6.72. The van der Waals surface area contributed by atoms with Gasteiger partial charge < -0.3 is 5.32 Å². The largest absolute Gasteiger partial charge is 0.303 e. The number of rotatable bonds is 4. The first kappa shape index (κ1) is 9.12. The Kier molecular flexibility index (Phi) is 3.16. The number of aromatic amines is 1. The molecule has 12 heavy (non-hydrogen) atoms. The van der Waals surface area contributed by atoms with Crippen LogP contribution < -0.4 is 5.32 Å². The lowest BCUT2D eigenvalue weighted by Crippen LogP contribution is -2.24. The van der Waals surface area contributed by atoms with Crippen LogP contribution in [-0.4, -0.2) is 23.2 Å². The molecule has 5 heteroatoms. The maximum Gasteiger partial charge on any atom is 0.250 e. The van der Waals surface area contributed by atoms with Crippen molar-refractivity contribution in [1.29, 1.82) is 0 Å². The summed E-state index contributed by atoms with van der Waals surface area (Å²) in [6.07, 6.45) is -0.717. The van der Waals surface area contributed by atoms with E-state index in [1.54, 1.807) is 19.2 Å². The van der Waals surface area contributed by atoms with E-state index >= 15 is 0 Å². The summed E-state index contributed by atoms with van der Waals surface area (Å²) in [4.78, 5) is 0. The molecule has 0 spiro atoms. The van der Waals surface area contributed by atoms with Crippen LogP contribution in [0.4, 0.5) is 8.78 Å². The number of halogens is 2. The van der Waals surface area contributed by atoms with Gasteiger partial charge in [-0.05, 0) is 13.0 Å². The summed E-state index contributed by atoms with van der Waals surface area (Å²) in [6.45, 7) is 1.51. The van der Waals surface area contributed by atoms with Gasteiger partial charge in [0, 0.05) is 12.2 Å². The molecule has 0 aromatic carbocycles. The van der Waals surface area contributed by atoms with E-state index in [-0.39, 0.29) is 12.6 Å². The standard InChI is InChI=1S/C7H11F2N3/c1-5(10-4-7(8)9)6-2-3-11-12-6/h2-3,5,7,10H,4H2,1H3,(H,11,12). The minimum Gasteiger partial charge on any atom is -0.303 e. The fourth-order valence-electron chi connectivity index (χ4n) is 0.884. The van der Waals surface area contributed by atoms with Gasteiger partial charge in [0.05, 0.1) is 12.2 Å². The Hall–Kier alpha value is -0.970. The molecule has 0 aliphatic carbocycles. The smallest absolute Gasteiger partial charge is 0.250 e. The Bertz CT molecular complexity index is 210. The highest BCUT2D eigenvalue weighted by molar-refractivity contribution is 5.02. The van der Waals surface area contributed by atoms with Crippen LogP contribution in [0.25, 0.3) is 0 Å². The normalized spacial score (nSPS) is 13.7. The van der Waals surface area contributed by atoms with E-state index in [0.29, 0.717) is 0 Å². The second kappa shape index (κ2) is 4.15. The predicted octanol–water partition coefficient (Wildman–Crippen LogP) is 1.33. The number of nitrogens with zero attached hydrogens (tertiary/aromatic N) is 1. The molecule has 0 amide bonds.